The molecular formula is C21H23ClN4O2S. The summed E-state index contributed by atoms with van der Waals surface area (Å²) >= 11 is 7.65. The van der Waals surface area contributed by atoms with Gasteiger partial charge in [0, 0.05) is 24.2 Å². The number of hydrogen-bond donors (Lipinski definition) is 2. The molecule has 2 aromatic heterocycles. The molecule has 3 aromatic rings. The number of halogens is 1. The number of nitrogens with one attached hydrogen (secondary N) is 2. The fourth-order valence-electron chi connectivity index (χ4n) is 3.80. The van der Waals surface area contributed by atoms with Crippen molar-refractivity contribution in [3.63, 3.8) is 0 Å². The van der Waals surface area contributed by atoms with Gasteiger partial charge in [-0.15, -0.1) is 11.3 Å². The first-order valence-corrected chi connectivity index (χ1v) is 11.0. The molecule has 0 unspecified atom stereocenters. The molecule has 8 heteroatoms. The summed E-state index contributed by atoms with van der Waals surface area (Å²) < 4.78 is 1.78. The first kappa shape index (κ1) is 19.9. The van der Waals surface area contributed by atoms with Gasteiger partial charge in [-0.25, -0.2) is 0 Å². The van der Waals surface area contributed by atoms with Gasteiger partial charge >= 0.3 is 0 Å². The van der Waals surface area contributed by atoms with E-state index in [2.05, 4.69) is 15.7 Å². The number of nitrogens with zero attached hydrogens (tertiary/aromatic N) is 2. The van der Waals surface area contributed by atoms with E-state index >= 15 is 0 Å². The maximum absolute atomic E-state index is 12.7. The fourth-order valence-corrected chi connectivity index (χ4v) is 5.02. The number of amides is 2. The van der Waals surface area contributed by atoms with Crippen molar-refractivity contribution in [1.29, 1.82) is 0 Å². The molecule has 29 heavy (non-hydrogen) atoms. The summed E-state index contributed by atoms with van der Waals surface area (Å²) in [6.45, 7) is 1.92. The lowest BCUT2D eigenvalue weighted by atomic mass is 9.95. The predicted octanol–water partition coefficient (Wildman–Crippen LogP) is 4.91. The van der Waals surface area contributed by atoms with Crippen LogP contribution in [0.2, 0.25) is 5.02 Å². The van der Waals surface area contributed by atoms with Gasteiger partial charge < -0.3 is 10.6 Å². The SMILES string of the molecule is Cc1nn(C)c2sc(C(=O)Nc3ccc(Cl)c(C(=O)NC4CCCCC4)c3)cc12. The van der Waals surface area contributed by atoms with Crippen LogP contribution in [-0.2, 0) is 7.05 Å². The molecule has 1 saturated carbocycles. The van der Waals surface area contributed by atoms with E-state index in [1.807, 2.05) is 20.0 Å². The topological polar surface area (TPSA) is 76.0 Å². The molecule has 0 saturated heterocycles. The van der Waals surface area contributed by atoms with Crippen LogP contribution in [0.25, 0.3) is 10.2 Å². The minimum Gasteiger partial charge on any atom is -0.349 e. The van der Waals surface area contributed by atoms with Gasteiger partial charge in [-0.05, 0) is 44.0 Å². The van der Waals surface area contributed by atoms with E-state index in [9.17, 15) is 9.59 Å². The molecule has 0 aliphatic heterocycles. The van der Waals surface area contributed by atoms with E-state index < -0.39 is 0 Å². The van der Waals surface area contributed by atoms with Crippen molar-refractivity contribution in [2.24, 2.45) is 7.05 Å². The van der Waals surface area contributed by atoms with Gasteiger partial charge in [0.1, 0.15) is 4.83 Å². The largest absolute Gasteiger partial charge is 0.349 e. The van der Waals surface area contributed by atoms with Crippen LogP contribution in [0.15, 0.2) is 24.3 Å². The number of fused-ring (bicyclic) bond motifs is 1. The second-order valence-electron chi connectivity index (χ2n) is 7.50. The highest BCUT2D eigenvalue weighted by atomic mass is 35.5. The quantitative estimate of drug-likeness (QED) is 0.617. The number of aromatic nitrogens is 2. The Morgan fingerprint density at radius 3 is 2.66 bits per heavy atom. The van der Waals surface area contributed by atoms with Gasteiger partial charge in [0.25, 0.3) is 11.8 Å². The zero-order valence-corrected chi connectivity index (χ0v) is 18.0. The van der Waals surface area contributed by atoms with Gasteiger partial charge in [0.15, 0.2) is 0 Å². The van der Waals surface area contributed by atoms with Crippen molar-refractivity contribution in [1.82, 2.24) is 15.1 Å². The molecule has 152 valence electrons. The van der Waals surface area contributed by atoms with Crippen molar-refractivity contribution >= 4 is 50.7 Å². The molecule has 1 fully saturated rings. The molecular weight excluding hydrogens is 408 g/mol. The van der Waals surface area contributed by atoms with Crippen LogP contribution in [0.3, 0.4) is 0 Å². The average molecular weight is 431 g/mol. The Balaban J connectivity index is 1.50. The Morgan fingerprint density at radius 2 is 1.93 bits per heavy atom. The number of aryl methyl sites for hydroxylation is 2. The Hall–Kier alpha value is -2.38. The smallest absolute Gasteiger partial charge is 0.265 e. The van der Waals surface area contributed by atoms with Crippen LogP contribution in [0, 0.1) is 6.92 Å². The fraction of sp³-hybridized carbons (Fsp3) is 0.381. The molecule has 0 radical (unpaired) electrons. The highest BCUT2D eigenvalue weighted by Crippen LogP contribution is 2.29. The molecule has 0 bridgehead atoms. The van der Waals surface area contributed by atoms with Crippen LogP contribution in [0.1, 0.15) is 57.8 Å². The lowest BCUT2D eigenvalue weighted by Crippen LogP contribution is -2.36. The first-order valence-electron chi connectivity index (χ1n) is 9.77. The van der Waals surface area contributed by atoms with E-state index in [4.69, 9.17) is 11.6 Å². The van der Waals surface area contributed by atoms with Gasteiger partial charge in [-0.2, -0.15) is 5.10 Å². The molecule has 4 rings (SSSR count). The summed E-state index contributed by atoms with van der Waals surface area (Å²) in [6, 6.07) is 7.04. The molecule has 1 aliphatic rings. The molecule has 2 N–H and O–H groups in total. The summed E-state index contributed by atoms with van der Waals surface area (Å²) in [4.78, 5) is 27.0. The zero-order chi connectivity index (χ0) is 20.5. The molecule has 1 aromatic carbocycles. The second kappa shape index (κ2) is 8.16. The van der Waals surface area contributed by atoms with Crippen LogP contribution >= 0.6 is 22.9 Å². The number of rotatable bonds is 4. The van der Waals surface area contributed by atoms with E-state index in [1.165, 1.54) is 17.8 Å². The maximum atomic E-state index is 12.7. The van der Waals surface area contributed by atoms with Crippen molar-refractivity contribution < 1.29 is 9.59 Å². The highest BCUT2D eigenvalue weighted by Gasteiger charge is 2.20. The van der Waals surface area contributed by atoms with Gasteiger partial charge in [0.05, 0.1) is 21.2 Å². The van der Waals surface area contributed by atoms with Crippen molar-refractivity contribution in [2.45, 2.75) is 45.1 Å². The number of hydrogen-bond acceptors (Lipinski definition) is 4. The molecule has 0 spiro atoms. The molecule has 2 amide bonds. The molecule has 0 atom stereocenters. The van der Waals surface area contributed by atoms with Gasteiger partial charge in [-0.1, -0.05) is 30.9 Å². The minimum atomic E-state index is -0.216. The third-order valence-corrected chi connectivity index (χ3v) is 6.86. The lowest BCUT2D eigenvalue weighted by molar-refractivity contribution is 0.0927. The third kappa shape index (κ3) is 4.16. The Labute approximate surface area is 178 Å². The predicted molar refractivity (Wildman–Crippen MR) is 117 cm³/mol. The molecule has 2 heterocycles. The lowest BCUT2D eigenvalue weighted by Gasteiger charge is -2.23. The van der Waals surface area contributed by atoms with E-state index in [0.29, 0.717) is 21.2 Å². The summed E-state index contributed by atoms with van der Waals surface area (Å²) in [5.74, 6) is -0.409. The van der Waals surface area contributed by atoms with Crippen molar-refractivity contribution in [3.8, 4) is 0 Å². The molecule has 6 nitrogen and oxygen atoms in total. The zero-order valence-electron chi connectivity index (χ0n) is 16.4. The van der Waals surface area contributed by atoms with Crippen LogP contribution in [0.5, 0.6) is 0 Å². The first-order chi connectivity index (χ1) is 13.9. The summed E-state index contributed by atoms with van der Waals surface area (Å²) in [7, 11) is 1.86. The molecule has 1 aliphatic carbocycles. The number of anilines is 1. The normalized spacial score (nSPS) is 14.9. The summed E-state index contributed by atoms with van der Waals surface area (Å²) in [5.41, 5.74) is 1.82. The summed E-state index contributed by atoms with van der Waals surface area (Å²) in [5, 5.41) is 11.7. The van der Waals surface area contributed by atoms with Crippen molar-refractivity contribution in [3.05, 3.63) is 45.4 Å². The van der Waals surface area contributed by atoms with Gasteiger partial charge in [-0.3, -0.25) is 14.3 Å². The number of benzene rings is 1. The Kier molecular flexibility index (Phi) is 5.61. The number of carbonyl (C=O) groups excluding carboxylic acids is 2. The third-order valence-electron chi connectivity index (χ3n) is 5.33. The monoisotopic (exact) mass is 430 g/mol. The second-order valence-corrected chi connectivity index (χ2v) is 8.93. The van der Waals surface area contributed by atoms with Crippen molar-refractivity contribution in [2.75, 3.05) is 5.32 Å². The van der Waals surface area contributed by atoms with E-state index in [-0.39, 0.29) is 17.9 Å². The maximum Gasteiger partial charge on any atom is 0.265 e. The Morgan fingerprint density at radius 1 is 1.17 bits per heavy atom. The number of carbonyl (C=O) groups is 2. The highest BCUT2D eigenvalue weighted by molar-refractivity contribution is 7.20. The standard InChI is InChI=1S/C21H23ClN4O2S/c1-12-15-11-18(29-21(15)26(2)25-12)20(28)24-14-8-9-17(22)16(10-14)19(27)23-13-6-4-3-5-7-13/h8-11,13H,3-7H2,1-2H3,(H,23,27)(H,24,28). The average Bonchev–Trinajstić information content (AvgIpc) is 3.26. The van der Waals surface area contributed by atoms with Crippen LogP contribution in [-0.4, -0.2) is 27.6 Å². The van der Waals surface area contributed by atoms with Crippen LogP contribution in [0.4, 0.5) is 5.69 Å². The van der Waals surface area contributed by atoms with Crippen LogP contribution < -0.4 is 10.6 Å². The Bertz CT molecular complexity index is 1050. The summed E-state index contributed by atoms with van der Waals surface area (Å²) in [6.07, 6.45) is 5.50. The van der Waals surface area contributed by atoms with E-state index in [1.54, 1.807) is 22.9 Å². The van der Waals surface area contributed by atoms with Gasteiger partial charge in [0.2, 0.25) is 0 Å². The number of thiophene rings is 1. The van der Waals surface area contributed by atoms with E-state index in [0.717, 1.165) is 41.6 Å². The minimum absolute atomic E-state index is 0.193.